The Bertz CT molecular complexity index is 289. The lowest BCUT2D eigenvalue weighted by molar-refractivity contribution is 0.314. The highest BCUT2D eigenvalue weighted by atomic mass is 35.5. The Kier molecular flexibility index (Phi) is 2.87. The molecule has 0 amide bonds. The Morgan fingerprint density at radius 3 is 2.67 bits per heavy atom. The van der Waals surface area contributed by atoms with Gasteiger partial charge in [0.05, 0.1) is 6.61 Å². The van der Waals surface area contributed by atoms with E-state index in [4.69, 9.17) is 16.3 Å². The molecule has 66 valence electrons. The smallest absolute Gasteiger partial charge is 0.200 e. The molecule has 0 aromatic heterocycles. The van der Waals surface area contributed by atoms with Crippen LogP contribution in [0.25, 0.3) is 0 Å². The first-order chi connectivity index (χ1) is 5.65. The van der Waals surface area contributed by atoms with Crippen LogP contribution in [-0.2, 0) is 0 Å². The lowest BCUT2D eigenvalue weighted by Crippen LogP contribution is -1.96. The van der Waals surface area contributed by atoms with Crippen LogP contribution in [0.3, 0.4) is 0 Å². The van der Waals surface area contributed by atoms with Crippen molar-refractivity contribution in [1.29, 1.82) is 0 Å². The van der Waals surface area contributed by atoms with Gasteiger partial charge >= 0.3 is 0 Å². The van der Waals surface area contributed by atoms with Crippen LogP contribution in [0.1, 0.15) is 6.92 Å². The highest BCUT2D eigenvalue weighted by Gasteiger charge is 2.10. The van der Waals surface area contributed by atoms with Gasteiger partial charge in [-0.2, -0.15) is 4.39 Å². The standard InChI is InChI=1S/C8H7ClF2O/c1-2-12-7-4-5(9)3-6(10)8(7)11/h3-4H,2H2,1H3. The molecule has 0 bridgehead atoms. The topological polar surface area (TPSA) is 9.23 Å². The van der Waals surface area contributed by atoms with Gasteiger partial charge in [0.2, 0.25) is 5.82 Å². The van der Waals surface area contributed by atoms with Gasteiger partial charge in [0, 0.05) is 11.1 Å². The second kappa shape index (κ2) is 3.72. The zero-order valence-corrected chi connectivity index (χ0v) is 7.16. The summed E-state index contributed by atoms with van der Waals surface area (Å²) in [4.78, 5) is 0. The minimum Gasteiger partial charge on any atom is -0.491 e. The van der Waals surface area contributed by atoms with Gasteiger partial charge in [0.15, 0.2) is 11.6 Å². The van der Waals surface area contributed by atoms with Crippen molar-refractivity contribution in [3.05, 3.63) is 28.8 Å². The summed E-state index contributed by atoms with van der Waals surface area (Å²) < 4.78 is 30.2. The molecule has 1 aromatic rings. The number of rotatable bonds is 2. The molecule has 0 N–H and O–H groups in total. The maximum Gasteiger partial charge on any atom is 0.200 e. The zero-order valence-electron chi connectivity index (χ0n) is 6.40. The summed E-state index contributed by atoms with van der Waals surface area (Å²) in [5.74, 6) is -2.14. The number of benzene rings is 1. The Labute approximate surface area is 73.9 Å². The van der Waals surface area contributed by atoms with Crippen molar-refractivity contribution >= 4 is 11.6 Å². The quantitative estimate of drug-likeness (QED) is 0.655. The third kappa shape index (κ3) is 1.85. The maximum absolute atomic E-state index is 12.8. The molecule has 12 heavy (non-hydrogen) atoms. The van der Waals surface area contributed by atoms with Crippen LogP contribution in [0.2, 0.25) is 5.02 Å². The molecule has 0 saturated carbocycles. The molecule has 0 atom stereocenters. The van der Waals surface area contributed by atoms with Crippen molar-refractivity contribution in [2.24, 2.45) is 0 Å². The third-order valence-corrected chi connectivity index (χ3v) is 1.48. The van der Waals surface area contributed by atoms with Crippen molar-refractivity contribution in [2.75, 3.05) is 6.61 Å². The van der Waals surface area contributed by atoms with E-state index in [0.717, 1.165) is 6.07 Å². The van der Waals surface area contributed by atoms with E-state index in [0.29, 0.717) is 0 Å². The molecule has 0 aliphatic carbocycles. The fraction of sp³-hybridized carbons (Fsp3) is 0.250. The van der Waals surface area contributed by atoms with Crippen molar-refractivity contribution < 1.29 is 13.5 Å². The first-order valence-corrected chi connectivity index (χ1v) is 3.80. The molecule has 1 aromatic carbocycles. The fourth-order valence-corrected chi connectivity index (χ4v) is 0.988. The molecular formula is C8H7ClF2O. The van der Waals surface area contributed by atoms with E-state index < -0.39 is 11.6 Å². The summed E-state index contributed by atoms with van der Waals surface area (Å²) in [5.41, 5.74) is 0. The van der Waals surface area contributed by atoms with E-state index >= 15 is 0 Å². The summed E-state index contributed by atoms with van der Waals surface area (Å²) >= 11 is 5.47. The van der Waals surface area contributed by atoms with Gasteiger partial charge in [-0.15, -0.1) is 0 Å². The average Bonchev–Trinajstić information content (AvgIpc) is 2.00. The van der Waals surface area contributed by atoms with E-state index in [1.54, 1.807) is 6.92 Å². The Hall–Kier alpha value is -0.830. The summed E-state index contributed by atoms with van der Waals surface area (Å²) in [6.45, 7) is 1.95. The number of hydrogen-bond acceptors (Lipinski definition) is 1. The molecule has 0 heterocycles. The lowest BCUT2D eigenvalue weighted by atomic mass is 10.3. The number of hydrogen-bond donors (Lipinski definition) is 0. The van der Waals surface area contributed by atoms with Crippen LogP contribution < -0.4 is 4.74 Å². The minimum atomic E-state index is -0.999. The van der Waals surface area contributed by atoms with Crippen molar-refractivity contribution in [2.45, 2.75) is 6.92 Å². The molecule has 0 aliphatic rings. The van der Waals surface area contributed by atoms with Crippen LogP contribution in [-0.4, -0.2) is 6.61 Å². The molecule has 1 rings (SSSR count). The van der Waals surface area contributed by atoms with Crippen LogP contribution in [0.5, 0.6) is 5.75 Å². The molecule has 0 saturated heterocycles. The Morgan fingerprint density at radius 2 is 2.08 bits per heavy atom. The molecule has 1 nitrogen and oxygen atoms in total. The van der Waals surface area contributed by atoms with Crippen molar-refractivity contribution in [3.8, 4) is 5.75 Å². The second-order valence-corrected chi connectivity index (χ2v) is 2.57. The van der Waals surface area contributed by atoms with Gasteiger partial charge in [0.25, 0.3) is 0 Å². The second-order valence-electron chi connectivity index (χ2n) is 2.13. The third-order valence-electron chi connectivity index (χ3n) is 1.26. The first kappa shape index (κ1) is 9.26. The molecule has 0 unspecified atom stereocenters. The fourth-order valence-electron chi connectivity index (χ4n) is 0.793. The van der Waals surface area contributed by atoms with Gasteiger partial charge in [0.1, 0.15) is 0 Å². The Morgan fingerprint density at radius 1 is 1.42 bits per heavy atom. The highest BCUT2D eigenvalue weighted by molar-refractivity contribution is 6.30. The first-order valence-electron chi connectivity index (χ1n) is 3.42. The van der Waals surface area contributed by atoms with E-state index in [-0.39, 0.29) is 17.4 Å². The van der Waals surface area contributed by atoms with Crippen LogP contribution in [0, 0.1) is 11.6 Å². The van der Waals surface area contributed by atoms with Gasteiger partial charge in [-0.3, -0.25) is 0 Å². The summed E-state index contributed by atoms with van der Waals surface area (Å²) in [6, 6.07) is 2.14. The highest BCUT2D eigenvalue weighted by Crippen LogP contribution is 2.24. The molecule has 0 fully saturated rings. The van der Waals surface area contributed by atoms with Gasteiger partial charge in [-0.1, -0.05) is 11.6 Å². The predicted octanol–water partition coefficient (Wildman–Crippen LogP) is 3.02. The average molecular weight is 193 g/mol. The Balaban J connectivity index is 3.09. The van der Waals surface area contributed by atoms with Crippen LogP contribution in [0.4, 0.5) is 8.78 Å². The van der Waals surface area contributed by atoms with Crippen molar-refractivity contribution in [1.82, 2.24) is 0 Å². The molecule has 0 spiro atoms. The summed E-state index contributed by atoms with van der Waals surface area (Å²) in [6.07, 6.45) is 0. The molecular weight excluding hydrogens is 186 g/mol. The monoisotopic (exact) mass is 192 g/mol. The predicted molar refractivity (Wildman–Crippen MR) is 42.5 cm³/mol. The number of halogens is 3. The van der Waals surface area contributed by atoms with Gasteiger partial charge < -0.3 is 4.74 Å². The largest absolute Gasteiger partial charge is 0.491 e. The van der Waals surface area contributed by atoms with E-state index in [1.807, 2.05) is 0 Å². The molecule has 4 heteroatoms. The van der Waals surface area contributed by atoms with Gasteiger partial charge in [-0.25, -0.2) is 4.39 Å². The van der Waals surface area contributed by atoms with Gasteiger partial charge in [-0.05, 0) is 13.0 Å². The van der Waals surface area contributed by atoms with E-state index in [2.05, 4.69) is 0 Å². The zero-order chi connectivity index (χ0) is 9.14. The number of ether oxygens (including phenoxy) is 1. The normalized spacial score (nSPS) is 10.0. The minimum absolute atomic E-state index is 0.123. The van der Waals surface area contributed by atoms with Crippen LogP contribution in [0.15, 0.2) is 12.1 Å². The van der Waals surface area contributed by atoms with Crippen molar-refractivity contribution in [3.63, 3.8) is 0 Å². The summed E-state index contributed by atoms with van der Waals surface area (Å²) in [7, 11) is 0. The SMILES string of the molecule is CCOc1cc(Cl)cc(F)c1F. The molecule has 0 aliphatic heterocycles. The lowest BCUT2D eigenvalue weighted by Gasteiger charge is -2.04. The van der Waals surface area contributed by atoms with E-state index in [9.17, 15) is 8.78 Å². The maximum atomic E-state index is 12.8. The molecule has 0 radical (unpaired) electrons. The van der Waals surface area contributed by atoms with Crippen LogP contribution >= 0.6 is 11.6 Å². The summed E-state index contributed by atoms with van der Waals surface area (Å²) in [5, 5.41) is 0.123. The van der Waals surface area contributed by atoms with E-state index in [1.165, 1.54) is 6.07 Å².